The number of nitrogens with zero attached hydrogens (tertiary/aromatic N) is 1. The molecule has 0 aliphatic carbocycles. The summed E-state index contributed by atoms with van der Waals surface area (Å²) in [4.78, 5) is 11.9. The molecule has 0 spiro atoms. The fourth-order valence-corrected chi connectivity index (χ4v) is 4.31. The van der Waals surface area contributed by atoms with Gasteiger partial charge in [-0.2, -0.15) is 4.31 Å². The number of benzene rings is 1. The van der Waals surface area contributed by atoms with Crippen LogP contribution in [0.25, 0.3) is 0 Å². The summed E-state index contributed by atoms with van der Waals surface area (Å²) in [5, 5.41) is 0.372. The highest BCUT2D eigenvalue weighted by molar-refractivity contribution is 7.89. The molecule has 1 aliphatic heterocycles. The lowest BCUT2D eigenvalue weighted by atomic mass is 9.98. The van der Waals surface area contributed by atoms with Gasteiger partial charge in [-0.25, -0.2) is 8.42 Å². The summed E-state index contributed by atoms with van der Waals surface area (Å²) in [6.07, 6.45) is 0.925. The molecule has 24 heavy (non-hydrogen) atoms. The van der Waals surface area contributed by atoms with Crippen LogP contribution >= 0.6 is 11.6 Å². The van der Waals surface area contributed by atoms with Gasteiger partial charge in [0.25, 0.3) is 0 Å². The topological polar surface area (TPSA) is 72.9 Å². The molecule has 1 aromatic carbocycles. The van der Waals surface area contributed by atoms with E-state index in [1.807, 2.05) is 0 Å². The van der Waals surface area contributed by atoms with Gasteiger partial charge in [-0.15, -0.1) is 0 Å². The van der Waals surface area contributed by atoms with E-state index in [1.54, 1.807) is 13.8 Å². The number of hydrogen-bond acceptors (Lipinski definition) is 5. The van der Waals surface area contributed by atoms with Crippen molar-refractivity contribution in [3.05, 3.63) is 23.2 Å². The first-order valence-corrected chi connectivity index (χ1v) is 9.81. The molecule has 6 nitrogen and oxygen atoms in total. The minimum absolute atomic E-state index is 0.143. The van der Waals surface area contributed by atoms with Gasteiger partial charge in [-0.1, -0.05) is 11.6 Å². The molecule has 2 rings (SSSR count). The molecule has 1 aliphatic rings. The summed E-state index contributed by atoms with van der Waals surface area (Å²) < 4.78 is 37.3. The van der Waals surface area contributed by atoms with Crippen molar-refractivity contribution < 1.29 is 22.7 Å². The lowest BCUT2D eigenvalue weighted by Crippen LogP contribution is -2.40. The summed E-state index contributed by atoms with van der Waals surface area (Å²) in [5.74, 6) is -0.137. The highest BCUT2D eigenvalue weighted by atomic mass is 35.5. The maximum atomic E-state index is 12.8. The number of hydrogen-bond donors (Lipinski definition) is 0. The van der Waals surface area contributed by atoms with Gasteiger partial charge in [0.2, 0.25) is 10.0 Å². The number of halogens is 1. The molecule has 1 fully saturated rings. The standard InChI is InChI=1S/C16H22ClNO5S/c1-3-22-15-11-13(5-6-14(15)17)24(20,21)18-9-7-12(8-10-18)16(19)23-4-2/h5-6,11-12H,3-4,7-10H2,1-2H3. The lowest BCUT2D eigenvalue weighted by Gasteiger charge is -2.30. The second kappa shape index (κ2) is 8.18. The van der Waals surface area contributed by atoms with Crippen molar-refractivity contribution in [1.82, 2.24) is 4.31 Å². The number of rotatable bonds is 6. The van der Waals surface area contributed by atoms with Crippen LogP contribution in [-0.2, 0) is 19.6 Å². The third-order valence-electron chi connectivity index (χ3n) is 3.91. The van der Waals surface area contributed by atoms with Crippen LogP contribution < -0.4 is 4.74 Å². The van der Waals surface area contributed by atoms with Crippen LogP contribution in [0.5, 0.6) is 5.75 Å². The molecule has 0 amide bonds. The van der Waals surface area contributed by atoms with Crippen molar-refractivity contribution in [3.8, 4) is 5.75 Å². The van der Waals surface area contributed by atoms with Gasteiger partial charge in [0.05, 0.1) is 29.0 Å². The number of piperidine rings is 1. The first kappa shape index (κ1) is 19.0. The number of ether oxygens (including phenoxy) is 2. The van der Waals surface area contributed by atoms with Crippen LogP contribution in [0.1, 0.15) is 26.7 Å². The van der Waals surface area contributed by atoms with Crippen molar-refractivity contribution in [2.24, 2.45) is 5.92 Å². The molecule has 0 N–H and O–H groups in total. The molecular formula is C16H22ClNO5S. The Bertz CT molecular complexity index is 684. The average molecular weight is 376 g/mol. The Kier molecular flexibility index (Phi) is 6.48. The molecule has 1 saturated heterocycles. The van der Waals surface area contributed by atoms with E-state index in [-0.39, 0.29) is 16.8 Å². The molecule has 0 aromatic heterocycles. The van der Waals surface area contributed by atoms with Gasteiger partial charge in [0.15, 0.2) is 0 Å². The highest BCUT2D eigenvalue weighted by Gasteiger charge is 2.33. The maximum Gasteiger partial charge on any atom is 0.309 e. The Morgan fingerprint density at radius 2 is 1.92 bits per heavy atom. The van der Waals surface area contributed by atoms with Crippen LogP contribution in [0.2, 0.25) is 5.02 Å². The zero-order chi connectivity index (χ0) is 17.7. The molecule has 8 heteroatoms. The van der Waals surface area contributed by atoms with Gasteiger partial charge >= 0.3 is 5.97 Å². The Labute approximate surface area is 147 Å². The summed E-state index contributed by atoms with van der Waals surface area (Å²) in [6, 6.07) is 4.43. The fraction of sp³-hybridized carbons (Fsp3) is 0.562. The quantitative estimate of drug-likeness (QED) is 0.715. The molecule has 0 saturated carbocycles. The molecule has 0 bridgehead atoms. The molecule has 0 unspecified atom stereocenters. The van der Waals surface area contributed by atoms with E-state index < -0.39 is 10.0 Å². The largest absolute Gasteiger partial charge is 0.492 e. The molecular weight excluding hydrogens is 354 g/mol. The molecule has 1 heterocycles. The Morgan fingerprint density at radius 3 is 2.50 bits per heavy atom. The van der Waals surface area contributed by atoms with Gasteiger partial charge in [0, 0.05) is 19.2 Å². The maximum absolute atomic E-state index is 12.8. The molecule has 0 radical (unpaired) electrons. The third-order valence-corrected chi connectivity index (χ3v) is 6.12. The number of sulfonamides is 1. The van der Waals surface area contributed by atoms with E-state index in [2.05, 4.69) is 0 Å². The summed E-state index contributed by atoms with van der Waals surface area (Å²) in [5.41, 5.74) is 0. The highest BCUT2D eigenvalue weighted by Crippen LogP contribution is 2.30. The summed E-state index contributed by atoms with van der Waals surface area (Å²) in [6.45, 7) is 4.87. The first-order valence-electron chi connectivity index (χ1n) is 7.99. The SMILES string of the molecule is CCOC(=O)C1CCN(S(=O)(=O)c2ccc(Cl)c(OCC)c2)CC1. The predicted octanol–water partition coefficient (Wildman–Crippen LogP) is 2.70. The van der Waals surface area contributed by atoms with Crippen molar-refractivity contribution >= 4 is 27.6 Å². The van der Waals surface area contributed by atoms with Crippen molar-refractivity contribution in [2.45, 2.75) is 31.6 Å². The summed E-state index contributed by atoms with van der Waals surface area (Å²) in [7, 11) is -3.64. The third kappa shape index (κ3) is 4.20. The normalized spacial score (nSPS) is 16.8. The lowest BCUT2D eigenvalue weighted by molar-refractivity contribution is -0.149. The molecule has 134 valence electrons. The first-order chi connectivity index (χ1) is 11.4. The van der Waals surface area contributed by atoms with Crippen molar-refractivity contribution in [2.75, 3.05) is 26.3 Å². The van der Waals surface area contributed by atoms with Crippen molar-refractivity contribution in [3.63, 3.8) is 0 Å². The van der Waals surface area contributed by atoms with Crippen molar-refractivity contribution in [1.29, 1.82) is 0 Å². The van der Waals surface area contributed by atoms with E-state index in [9.17, 15) is 13.2 Å². The van der Waals surface area contributed by atoms with Gasteiger partial charge in [-0.3, -0.25) is 4.79 Å². The van der Waals surface area contributed by atoms with Crippen LogP contribution in [0, 0.1) is 5.92 Å². The van der Waals surface area contributed by atoms with E-state index in [1.165, 1.54) is 22.5 Å². The number of carbonyl (C=O) groups excluding carboxylic acids is 1. The van der Waals surface area contributed by atoms with Crippen LogP contribution in [0.4, 0.5) is 0 Å². The number of esters is 1. The van der Waals surface area contributed by atoms with Crippen LogP contribution in [-0.4, -0.2) is 45.0 Å². The zero-order valence-corrected chi connectivity index (χ0v) is 15.4. The summed E-state index contributed by atoms with van der Waals surface area (Å²) >= 11 is 6.01. The zero-order valence-electron chi connectivity index (χ0n) is 13.8. The van der Waals surface area contributed by atoms with Gasteiger partial charge in [-0.05, 0) is 38.8 Å². The molecule has 1 aromatic rings. The fourth-order valence-electron chi connectivity index (χ4n) is 2.65. The Balaban J connectivity index is 2.12. The second-order valence-electron chi connectivity index (χ2n) is 5.46. The van der Waals surface area contributed by atoms with Crippen LogP contribution in [0.15, 0.2) is 23.1 Å². The predicted molar refractivity (Wildman–Crippen MR) is 90.7 cm³/mol. The van der Waals surface area contributed by atoms with E-state index in [0.29, 0.717) is 49.9 Å². The molecule has 0 atom stereocenters. The minimum atomic E-state index is -3.64. The van der Waals surface area contributed by atoms with E-state index in [4.69, 9.17) is 21.1 Å². The minimum Gasteiger partial charge on any atom is -0.492 e. The van der Waals surface area contributed by atoms with E-state index >= 15 is 0 Å². The Hall–Kier alpha value is -1.31. The van der Waals surface area contributed by atoms with Gasteiger partial charge in [0.1, 0.15) is 5.75 Å². The Morgan fingerprint density at radius 1 is 1.25 bits per heavy atom. The van der Waals surface area contributed by atoms with Gasteiger partial charge < -0.3 is 9.47 Å². The van der Waals surface area contributed by atoms with Crippen LogP contribution in [0.3, 0.4) is 0 Å². The second-order valence-corrected chi connectivity index (χ2v) is 7.80. The average Bonchev–Trinajstić information content (AvgIpc) is 2.57. The smallest absolute Gasteiger partial charge is 0.309 e. The van der Waals surface area contributed by atoms with E-state index in [0.717, 1.165) is 0 Å². The number of carbonyl (C=O) groups is 1. The monoisotopic (exact) mass is 375 g/mol.